The first-order chi connectivity index (χ1) is 6.29. The molecule has 0 saturated carbocycles. The van der Waals surface area contributed by atoms with Crippen molar-refractivity contribution in [3.8, 4) is 5.75 Å². The number of nitrogens with zero attached hydrogens (tertiary/aromatic N) is 1. The first-order valence-electron chi connectivity index (χ1n) is 4.14. The summed E-state index contributed by atoms with van der Waals surface area (Å²) in [6.45, 7) is 2.44. The number of aliphatic imine (C=N–C) groups is 1. The van der Waals surface area contributed by atoms with Gasteiger partial charge in [-0.2, -0.15) is 0 Å². The smallest absolute Gasteiger partial charge is 0.185 e. The number of hydrogen-bond acceptors (Lipinski definition) is 3. The summed E-state index contributed by atoms with van der Waals surface area (Å²) in [7, 11) is 1.65. The second-order valence-electron chi connectivity index (χ2n) is 2.91. The van der Waals surface area contributed by atoms with Gasteiger partial charge < -0.3 is 9.47 Å². The molecule has 3 nitrogen and oxygen atoms in total. The van der Waals surface area contributed by atoms with E-state index < -0.39 is 0 Å². The first-order valence-corrected chi connectivity index (χ1v) is 4.14. The topological polar surface area (TPSA) is 30.8 Å². The summed E-state index contributed by atoms with van der Waals surface area (Å²) >= 11 is 0. The van der Waals surface area contributed by atoms with Gasteiger partial charge in [0.05, 0.1) is 12.8 Å². The number of methoxy groups -OCH3 is 1. The van der Waals surface area contributed by atoms with E-state index in [2.05, 4.69) is 4.99 Å². The van der Waals surface area contributed by atoms with Crippen LogP contribution in [0.25, 0.3) is 0 Å². The SMILES string of the molecule is COc1ccc2c(c1)COC(C)=N2. The molecule has 0 amide bonds. The van der Waals surface area contributed by atoms with Crippen LogP contribution >= 0.6 is 0 Å². The highest BCUT2D eigenvalue weighted by atomic mass is 16.5. The van der Waals surface area contributed by atoms with E-state index in [0.717, 1.165) is 22.9 Å². The second-order valence-corrected chi connectivity index (χ2v) is 2.91. The van der Waals surface area contributed by atoms with E-state index in [9.17, 15) is 0 Å². The molecule has 0 atom stereocenters. The Bertz CT molecular complexity index is 358. The fourth-order valence-electron chi connectivity index (χ4n) is 1.30. The van der Waals surface area contributed by atoms with Gasteiger partial charge >= 0.3 is 0 Å². The van der Waals surface area contributed by atoms with Crippen LogP contribution in [-0.4, -0.2) is 13.0 Å². The van der Waals surface area contributed by atoms with Gasteiger partial charge in [-0.25, -0.2) is 4.99 Å². The molecule has 0 bridgehead atoms. The zero-order valence-electron chi connectivity index (χ0n) is 7.70. The molecule has 0 saturated heterocycles. The average Bonchev–Trinajstić information content (AvgIpc) is 2.17. The molecule has 1 aliphatic rings. The zero-order valence-corrected chi connectivity index (χ0v) is 7.70. The fraction of sp³-hybridized carbons (Fsp3) is 0.300. The zero-order chi connectivity index (χ0) is 9.26. The molecule has 0 radical (unpaired) electrons. The van der Waals surface area contributed by atoms with Crippen molar-refractivity contribution in [1.82, 2.24) is 0 Å². The lowest BCUT2D eigenvalue weighted by Gasteiger charge is -2.14. The van der Waals surface area contributed by atoms with Crippen LogP contribution in [0, 0.1) is 0 Å². The summed E-state index contributed by atoms with van der Waals surface area (Å²) in [5.41, 5.74) is 2.05. The van der Waals surface area contributed by atoms with Crippen molar-refractivity contribution in [1.29, 1.82) is 0 Å². The molecule has 13 heavy (non-hydrogen) atoms. The normalized spacial score (nSPS) is 14.2. The van der Waals surface area contributed by atoms with Crippen LogP contribution in [0.3, 0.4) is 0 Å². The van der Waals surface area contributed by atoms with Crippen LogP contribution in [0.4, 0.5) is 5.69 Å². The van der Waals surface area contributed by atoms with Crippen LogP contribution in [0.5, 0.6) is 5.75 Å². The molecule has 1 aliphatic heterocycles. The number of rotatable bonds is 1. The molecule has 0 aliphatic carbocycles. The van der Waals surface area contributed by atoms with E-state index in [1.165, 1.54) is 0 Å². The van der Waals surface area contributed by atoms with Gasteiger partial charge in [-0.05, 0) is 18.2 Å². The summed E-state index contributed by atoms with van der Waals surface area (Å²) in [6.07, 6.45) is 0. The summed E-state index contributed by atoms with van der Waals surface area (Å²) in [6, 6.07) is 5.80. The Balaban J connectivity index is 2.43. The third-order valence-electron chi connectivity index (χ3n) is 2.00. The summed E-state index contributed by atoms with van der Waals surface area (Å²) < 4.78 is 10.4. The van der Waals surface area contributed by atoms with Crippen LogP contribution in [-0.2, 0) is 11.3 Å². The number of ether oxygens (including phenoxy) is 2. The van der Waals surface area contributed by atoms with Gasteiger partial charge in [0, 0.05) is 12.5 Å². The van der Waals surface area contributed by atoms with Crippen LogP contribution in [0.15, 0.2) is 23.2 Å². The first kappa shape index (κ1) is 8.10. The largest absolute Gasteiger partial charge is 0.497 e. The lowest BCUT2D eigenvalue weighted by molar-refractivity contribution is 0.283. The summed E-state index contributed by atoms with van der Waals surface area (Å²) in [5.74, 6) is 1.56. The number of benzene rings is 1. The van der Waals surface area contributed by atoms with E-state index in [1.54, 1.807) is 7.11 Å². The molecule has 1 heterocycles. The molecule has 3 heteroatoms. The lowest BCUT2D eigenvalue weighted by atomic mass is 10.1. The monoisotopic (exact) mass is 177 g/mol. The molecule has 0 unspecified atom stereocenters. The van der Waals surface area contributed by atoms with Gasteiger partial charge in [-0.15, -0.1) is 0 Å². The third kappa shape index (κ3) is 1.49. The van der Waals surface area contributed by atoms with Gasteiger partial charge in [0.25, 0.3) is 0 Å². The predicted molar refractivity (Wildman–Crippen MR) is 50.6 cm³/mol. The number of hydrogen-bond donors (Lipinski definition) is 0. The van der Waals surface area contributed by atoms with Crippen LogP contribution < -0.4 is 4.74 Å². The summed E-state index contributed by atoms with van der Waals surface area (Å²) in [4.78, 5) is 4.26. The van der Waals surface area contributed by atoms with Crippen molar-refractivity contribution in [3.63, 3.8) is 0 Å². The fourth-order valence-corrected chi connectivity index (χ4v) is 1.30. The van der Waals surface area contributed by atoms with Gasteiger partial charge in [0.15, 0.2) is 5.90 Å². The van der Waals surface area contributed by atoms with Crippen molar-refractivity contribution in [2.45, 2.75) is 13.5 Å². The molecular formula is C10H11NO2. The van der Waals surface area contributed by atoms with E-state index in [-0.39, 0.29) is 0 Å². The Morgan fingerprint density at radius 2 is 2.31 bits per heavy atom. The molecule has 1 aromatic carbocycles. The quantitative estimate of drug-likeness (QED) is 0.658. The predicted octanol–water partition coefficient (Wildman–Crippen LogP) is 2.28. The van der Waals surface area contributed by atoms with Gasteiger partial charge in [0.2, 0.25) is 0 Å². The highest BCUT2D eigenvalue weighted by Crippen LogP contribution is 2.28. The Morgan fingerprint density at radius 3 is 3.08 bits per heavy atom. The molecule has 0 N–H and O–H groups in total. The molecule has 2 rings (SSSR count). The molecule has 68 valence electrons. The van der Waals surface area contributed by atoms with Crippen molar-refractivity contribution >= 4 is 11.6 Å². The minimum atomic E-state index is 0.585. The molecule has 1 aromatic rings. The summed E-state index contributed by atoms with van der Waals surface area (Å²) in [5, 5.41) is 0. The minimum absolute atomic E-state index is 0.585. The maximum atomic E-state index is 5.30. The molecular weight excluding hydrogens is 166 g/mol. The van der Waals surface area contributed by atoms with Crippen LogP contribution in [0.1, 0.15) is 12.5 Å². The van der Waals surface area contributed by atoms with Crippen molar-refractivity contribution in [2.24, 2.45) is 4.99 Å². The van der Waals surface area contributed by atoms with Crippen LogP contribution in [0.2, 0.25) is 0 Å². The molecule has 0 spiro atoms. The average molecular weight is 177 g/mol. The van der Waals surface area contributed by atoms with Crippen molar-refractivity contribution in [2.75, 3.05) is 7.11 Å². The van der Waals surface area contributed by atoms with E-state index in [1.807, 2.05) is 25.1 Å². The van der Waals surface area contributed by atoms with E-state index in [4.69, 9.17) is 9.47 Å². The number of fused-ring (bicyclic) bond motifs is 1. The van der Waals surface area contributed by atoms with Crippen molar-refractivity contribution in [3.05, 3.63) is 23.8 Å². The maximum Gasteiger partial charge on any atom is 0.185 e. The van der Waals surface area contributed by atoms with E-state index in [0.29, 0.717) is 6.61 Å². The highest BCUT2D eigenvalue weighted by Gasteiger charge is 2.10. The minimum Gasteiger partial charge on any atom is -0.497 e. The lowest BCUT2D eigenvalue weighted by Crippen LogP contribution is -2.05. The molecule has 0 fully saturated rings. The Morgan fingerprint density at radius 1 is 1.46 bits per heavy atom. The molecule has 0 aromatic heterocycles. The van der Waals surface area contributed by atoms with Gasteiger partial charge in [0.1, 0.15) is 12.4 Å². The highest BCUT2D eigenvalue weighted by molar-refractivity contribution is 5.79. The standard InChI is InChI=1S/C10H11NO2/c1-7-11-10-4-3-9(12-2)5-8(10)6-13-7/h3-5H,6H2,1-2H3. The van der Waals surface area contributed by atoms with Gasteiger partial charge in [-0.1, -0.05) is 0 Å². The van der Waals surface area contributed by atoms with E-state index >= 15 is 0 Å². The Kier molecular flexibility index (Phi) is 1.93. The Hall–Kier alpha value is -1.51. The van der Waals surface area contributed by atoms with Crippen molar-refractivity contribution < 1.29 is 9.47 Å². The van der Waals surface area contributed by atoms with Gasteiger partial charge in [-0.3, -0.25) is 0 Å². The maximum absolute atomic E-state index is 5.30. The third-order valence-corrected chi connectivity index (χ3v) is 2.00. The Labute approximate surface area is 77.0 Å². The second kappa shape index (κ2) is 3.09.